The Hall–Kier alpha value is -1.76. The highest BCUT2D eigenvalue weighted by Crippen LogP contribution is 2.35. The number of hydrogen-bond acceptors (Lipinski definition) is 6. The van der Waals surface area contributed by atoms with E-state index in [4.69, 9.17) is 19.3 Å². The summed E-state index contributed by atoms with van der Waals surface area (Å²) >= 11 is 1.48. The van der Waals surface area contributed by atoms with Gasteiger partial charge in [0.1, 0.15) is 13.2 Å². The van der Waals surface area contributed by atoms with Gasteiger partial charge in [-0.05, 0) is 6.42 Å². The summed E-state index contributed by atoms with van der Waals surface area (Å²) in [6.07, 6.45) is 0.0377. The van der Waals surface area contributed by atoms with Gasteiger partial charge in [-0.3, -0.25) is 9.59 Å². The van der Waals surface area contributed by atoms with E-state index in [2.05, 4.69) is 0 Å². The van der Waals surface area contributed by atoms with E-state index in [1.807, 2.05) is 10.8 Å². The number of carbonyl (C=O) groups excluding carboxylic acids is 1. The lowest BCUT2D eigenvalue weighted by molar-refractivity contribution is -0.147. The molecule has 1 atom stereocenters. The van der Waals surface area contributed by atoms with E-state index >= 15 is 0 Å². The van der Waals surface area contributed by atoms with Crippen LogP contribution in [-0.4, -0.2) is 36.4 Å². The summed E-state index contributed by atoms with van der Waals surface area (Å²) in [6, 6.07) is 0. The van der Waals surface area contributed by atoms with Gasteiger partial charge in [0.15, 0.2) is 17.6 Å². The molecule has 1 aromatic rings. The van der Waals surface area contributed by atoms with Crippen molar-refractivity contribution in [2.45, 2.75) is 25.4 Å². The molecule has 0 bridgehead atoms. The monoisotopic (exact) mass is 286 g/mol. The molecule has 0 radical (unpaired) electrons. The van der Waals surface area contributed by atoms with Gasteiger partial charge < -0.3 is 19.3 Å². The number of esters is 1. The number of fused-ring (bicyclic) bond motifs is 1. The van der Waals surface area contributed by atoms with Gasteiger partial charge in [-0.2, -0.15) is 0 Å². The second kappa shape index (κ2) is 6.42. The van der Waals surface area contributed by atoms with Gasteiger partial charge >= 0.3 is 11.9 Å². The zero-order chi connectivity index (χ0) is 13.7. The largest absolute Gasteiger partial charge is 0.485 e. The first-order valence-electron chi connectivity index (χ1n) is 5.88. The number of carboxylic acid groups (broad SMARTS) is 1. The molecular weight excluding hydrogens is 272 g/mol. The summed E-state index contributed by atoms with van der Waals surface area (Å²) in [5, 5.41) is 12.1. The van der Waals surface area contributed by atoms with E-state index in [0.717, 1.165) is 0 Å². The Morgan fingerprint density at radius 3 is 2.95 bits per heavy atom. The third kappa shape index (κ3) is 4.13. The fourth-order valence-corrected chi connectivity index (χ4v) is 2.26. The lowest BCUT2D eigenvalue weighted by Gasteiger charge is -2.24. The minimum atomic E-state index is -0.915. The maximum absolute atomic E-state index is 11.4. The lowest BCUT2D eigenvalue weighted by Crippen LogP contribution is -2.33. The minimum absolute atomic E-state index is 0.0313. The third-order valence-electron chi connectivity index (χ3n) is 2.51. The van der Waals surface area contributed by atoms with Crippen molar-refractivity contribution in [2.24, 2.45) is 0 Å². The first-order valence-corrected chi connectivity index (χ1v) is 6.82. The Balaban J connectivity index is 1.66. The van der Waals surface area contributed by atoms with Crippen molar-refractivity contribution in [2.75, 3.05) is 13.2 Å². The number of carbonyl (C=O) groups is 2. The number of ether oxygens (including phenoxy) is 3. The molecule has 7 heteroatoms. The predicted molar refractivity (Wildman–Crippen MR) is 66.7 cm³/mol. The molecule has 1 N–H and O–H groups in total. The van der Waals surface area contributed by atoms with Gasteiger partial charge in [-0.15, -0.1) is 11.3 Å². The van der Waals surface area contributed by atoms with E-state index in [0.29, 0.717) is 18.1 Å². The summed E-state index contributed by atoms with van der Waals surface area (Å²) in [6.45, 7) is 0.452. The first kappa shape index (κ1) is 13.7. The fourth-order valence-electron chi connectivity index (χ4n) is 1.59. The van der Waals surface area contributed by atoms with Crippen LogP contribution in [0.1, 0.15) is 19.3 Å². The highest BCUT2D eigenvalue weighted by atomic mass is 32.1. The van der Waals surface area contributed by atoms with Crippen LogP contribution in [0.2, 0.25) is 0 Å². The zero-order valence-electron chi connectivity index (χ0n) is 10.2. The van der Waals surface area contributed by atoms with Crippen LogP contribution in [0, 0.1) is 0 Å². The van der Waals surface area contributed by atoms with E-state index in [1.54, 1.807) is 0 Å². The van der Waals surface area contributed by atoms with Gasteiger partial charge in [0.25, 0.3) is 0 Å². The molecule has 2 rings (SSSR count). The summed E-state index contributed by atoms with van der Waals surface area (Å²) < 4.78 is 16.0. The van der Waals surface area contributed by atoms with Gasteiger partial charge in [-0.25, -0.2) is 0 Å². The average molecular weight is 286 g/mol. The molecule has 0 fully saturated rings. The third-order valence-corrected chi connectivity index (χ3v) is 3.21. The van der Waals surface area contributed by atoms with Crippen LogP contribution in [0.3, 0.4) is 0 Å². The Bertz CT molecular complexity index is 455. The molecule has 0 aromatic carbocycles. The normalized spacial score (nSPS) is 16.9. The van der Waals surface area contributed by atoms with Crippen LogP contribution in [0.15, 0.2) is 10.8 Å². The van der Waals surface area contributed by atoms with Crippen molar-refractivity contribution < 1.29 is 28.9 Å². The van der Waals surface area contributed by atoms with Gasteiger partial charge in [0, 0.05) is 23.6 Å². The molecule has 0 spiro atoms. The maximum Gasteiger partial charge on any atom is 0.305 e. The number of hydrogen-bond donors (Lipinski definition) is 1. The van der Waals surface area contributed by atoms with Crippen molar-refractivity contribution in [3.8, 4) is 11.5 Å². The molecule has 0 saturated heterocycles. The summed E-state index contributed by atoms with van der Waals surface area (Å²) in [4.78, 5) is 21.6. The van der Waals surface area contributed by atoms with Crippen LogP contribution in [0.25, 0.3) is 0 Å². The molecule has 1 aliphatic heterocycles. The molecule has 1 aromatic heterocycles. The predicted octanol–water partition coefficient (Wildman–Crippen LogP) is 1.69. The van der Waals surface area contributed by atoms with Crippen molar-refractivity contribution in [3.05, 3.63) is 10.8 Å². The van der Waals surface area contributed by atoms with E-state index in [9.17, 15) is 9.59 Å². The summed E-state index contributed by atoms with van der Waals surface area (Å²) in [5.41, 5.74) is 0. The quantitative estimate of drug-likeness (QED) is 0.801. The van der Waals surface area contributed by atoms with Crippen LogP contribution >= 0.6 is 11.3 Å². The second-order valence-corrected chi connectivity index (χ2v) is 4.83. The number of aliphatic carboxylic acids is 1. The van der Waals surface area contributed by atoms with E-state index < -0.39 is 11.9 Å². The number of rotatable bonds is 6. The standard InChI is InChI=1S/C12H14O6S/c13-11(14)2-1-3-12(15)17-5-8-4-16-9-6-19-7-10(9)18-8/h6-8H,1-5H2,(H,13,14). The fraction of sp³-hybridized carbons (Fsp3) is 0.500. The lowest BCUT2D eigenvalue weighted by atomic mass is 10.2. The molecule has 1 unspecified atom stereocenters. The maximum atomic E-state index is 11.4. The molecule has 0 saturated carbocycles. The molecule has 19 heavy (non-hydrogen) atoms. The molecule has 1 aliphatic rings. The van der Waals surface area contributed by atoms with Crippen molar-refractivity contribution in [3.63, 3.8) is 0 Å². The van der Waals surface area contributed by atoms with Crippen molar-refractivity contribution in [1.29, 1.82) is 0 Å². The molecule has 104 valence electrons. The number of carboxylic acids is 1. The van der Waals surface area contributed by atoms with Crippen molar-refractivity contribution in [1.82, 2.24) is 0 Å². The Morgan fingerprint density at radius 2 is 2.16 bits per heavy atom. The molecule has 0 amide bonds. The van der Waals surface area contributed by atoms with Crippen LogP contribution < -0.4 is 9.47 Å². The Morgan fingerprint density at radius 1 is 1.37 bits per heavy atom. The van der Waals surface area contributed by atoms with E-state index in [1.165, 1.54) is 11.3 Å². The highest BCUT2D eigenvalue weighted by molar-refractivity contribution is 7.08. The molecule has 0 aliphatic carbocycles. The van der Waals surface area contributed by atoms with Crippen molar-refractivity contribution >= 4 is 23.3 Å². The van der Waals surface area contributed by atoms with Gasteiger partial charge in [0.2, 0.25) is 0 Å². The minimum Gasteiger partial charge on any atom is -0.485 e. The first-order chi connectivity index (χ1) is 9.15. The number of thiophene rings is 1. The second-order valence-electron chi connectivity index (χ2n) is 4.08. The Labute approximate surface area is 113 Å². The summed E-state index contributed by atoms with van der Waals surface area (Å²) in [7, 11) is 0. The smallest absolute Gasteiger partial charge is 0.305 e. The molecular formula is C12H14O6S. The van der Waals surface area contributed by atoms with Gasteiger partial charge in [-0.1, -0.05) is 0 Å². The zero-order valence-corrected chi connectivity index (χ0v) is 11.0. The SMILES string of the molecule is O=C(O)CCCC(=O)OCC1COc2cscc2O1. The summed E-state index contributed by atoms with van der Waals surface area (Å²) in [5.74, 6) is 0.0555. The van der Waals surface area contributed by atoms with E-state index in [-0.39, 0.29) is 32.0 Å². The van der Waals surface area contributed by atoms with Crippen LogP contribution in [0.4, 0.5) is 0 Å². The van der Waals surface area contributed by atoms with Crippen LogP contribution in [-0.2, 0) is 14.3 Å². The Kier molecular flexibility index (Phi) is 4.62. The highest BCUT2D eigenvalue weighted by Gasteiger charge is 2.22. The van der Waals surface area contributed by atoms with Crippen LogP contribution in [0.5, 0.6) is 11.5 Å². The van der Waals surface area contributed by atoms with Gasteiger partial charge in [0.05, 0.1) is 0 Å². The topological polar surface area (TPSA) is 82.1 Å². The molecule has 6 nitrogen and oxygen atoms in total. The average Bonchev–Trinajstić information content (AvgIpc) is 2.83. The molecule has 2 heterocycles.